The predicted molar refractivity (Wildman–Crippen MR) is 75.1 cm³/mol. The van der Waals surface area contributed by atoms with Crippen molar-refractivity contribution < 1.29 is 22.8 Å². The van der Waals surface area contributed by atoms with Crippen molar-refractivity contribution in [2.45, 2.75) is 6.18 Å². The molecule has 2 aromatic rings. The van der Waals surface area contributed by atoms with Gasteiger partial charge in [-0.15, -0.1) is 0 Å². The standard InChI is InChI=1S/C12H6F3IN2O3/c13-12(14,15)11-5-10(8(6-17-11)18(19)20)21-9-4-2-1-3-7(9)16/h1-6H. The lowest BCUT2D eigenvalue weighted by Gasteiger charge is -2.10. The molecule has 0 N–H and O–H groups in total. The van der Waals surface area contributed by atoms with Gasteiger partial charge in [-0.1, -0.05) is 12.1 Å². The van der Waals surface area contributed by atoms with E-state index in [1.807, 2.05) is 22.6 Å². The van der Waals surface area contributed by atoms with Gasteiger partial charge in [-0.05, 0) is 34.7 Å². The third kappa shape index (κ3) is 3.60. The van der Waals surface area contributed by atoms with E-state index in [2.05, 4.69) is 4.98 Å². The van der Waals surface area contributed by atoms with E-state index in [1.54, 1.807) is 18.2 Å². The molecule has 0 aliphatic rings. The number of para-hydroxylation sites is 1. The molecule has 0 saturated heterocycles. The molecule has 1 aromatic heterocycles. The molecule has 1 heterocycles. The summed E-state index contributed by atoms with van der Waals surface area (Å²) < 4.78 is 43.7. The summed E-state index contributed by atoms with van der Waals surface area (Å²) in [5.74, 6) is -0.285. The number of ether oxygens (including phenoxy) is 1. The van der Waals surface area contributed by atoms with Crippen LogP contribution in [0.3, 0.4) is 0 Å². The van der Waals surface area contributed by atoms with Crippen LogP contribution in [0, 0.1) is 13.7 Å². The monoisotopic (exact) mass is 410 g/mol. The predicted octanol–water partition coefficient (Wildman–Crippen LogP) is 4.41. The van der Waals surface area contributed by atoms with Gasteiger partial charge in [0.15, 0.2) is 0 Å². The quantitative estimate of drug-likeness (QED) is 0.428. The van der Waals surface area contributed by atoms with Gasteiger partial charge in [0.1, 0.15) is 17.6 Å². The van der Waals surface area contributed by atoms with Crippen molar-refractivity contribution in [1.82, 2.24) is 4.98 Å². The summed E-state index contributed by atoms with van der Waals surface area (Å²) in [6.45, 7) is 0. The second kappa shape index (κ2) is 5.84. The average molecular weight is 410 g/mol. The summed E-state index contributed by atoms with van der Waals surface area (Å²) in [7, 11) is 0. The van der Waals surface area contributed by atoms with Crippen molar-refractivity contribution in [3.8, 4) is 11.5 Å². The molecule has 0 saturated carbocycles. The molecule has 9 heteroatoms. The van der Waals surface area contributed by atoms with Crippen LogP contribution >= 0.6 is 22.6 Å². The molecular formula is C12H6F3IN2O3. The lowest BCUT2D eigenvalue weighted by molar-refractivity contribution is -0.386. The Labute approximate surface area is 130 Å². The average Bonchev–Trinajstić information content (AvgIpc) is 2.40. The molecule has 0 unspecified atom stereocenters. The lowest BCUT2D eigenvalue weighted by Crippen LogP contribution is -2.09. The Hall–Kier alpha value is -1.91. The summed E-state index contributed by atoms with van der Waals surface area (Å²) in [5.41, 5.74) is -1.89. The molecule has 2 rings (SSSR count). The topological polar surface area (TPSA) is 65.3 Å². The summed E-state index contributed by atoms with van der Waals surface area (Å²) in [5, 5.41) is 10.9. The minimum absolute atomic E-state index is 0.223. The van der Waals surface area contributed by atoms with Crippen molar-refractivity contribution in [2.24, 2.45) is 0 Å². The Morgan fingerprint density at radius 1 is 1.24 bits per heavy atom. The molecule has 5 nitrogen and oxygen atoms in total. The van der Waals surface area contributed by atoms with Crippen LogP contribution in [0.15, 0.2) is 36.5 Å². The molecule has 0 amide bonds. The zero-order valence-electron chi connectivity index (χ0n) is 10.1. The summed E-state index contributed by atoms with van der Waals surface area (Å²) in [6, 6.07) is 6.99. The van der Waals surface area contributed by atoms with Crippen LogP contribution in [0.5, 0.6) is 11.5 Å². The van der Waals surface area contributed by atoms with E-state index >= 15 is 0 Å². The number of benzene rings is 1. The number of nitrogens with zero attached hydrogens (tertiary/aromatic N) is 2. The number of halogens is 4. The largest absolute Gasteiger partial charge is 0.449 e. The van der Waals surface area contributed by atoms with E-state index in [1.165, 1.54) is 6.07 Å². The van der Waals surface area contributed by atoms with Crippen LogP contribution < -0.4 is 4.74 Å². The van der Waals surface area contributed by atoms with Gasteiger partial charge in [-0.25, -0.2) is 4.98 Å². The fraction of sp³-hybridized carbons (Fsp3) is 0.0833. The van der Waals surface area contributed by atoms with Gasteiger partial charge in [0.25, 0.3) is 0 Å². The van der Waals surface area contributed by atoms with Crippen LogP contribution in [0.4, 0.5) is 18.9 Å². The van der Waals surface area contributed by atoms with E-state index in [0.717, 1.165) is 0 Å². The van der Waals surface area contributed by atoms with E-state index in [4.69, 9.17) is 4.74 Å². The minimum atomic E-state index is -4.71. The SMILES string of the molecule is O=[N+]([O-])c1cnc(C(F)(F)F)cc1Oc1ccccc1I. The molecule has 0 aliphatic heterocycles. The van der Waals surface area contributed by atoms with Crippen molar-refractivity contribution >= 4 is 28.3 Å². The first kappa shape index (κ1) is 15.5. The van der Waals surface area contributed by atoms with Gasteiger partial charge in [0.2, 0.25) is 5.75 Å². The number of pyridine rings is 1. The highest BCUT2D eigenvalue weighted by molar-refractivity contribution is 14.1. The molecule has 21 heavy (non-hydrogen) atoms. The minimum Gasteiger partial charge on any atom is -0.449 e. The van der Waals surface area contributed by atoms with E-state index < -0.39 is 28.2 Å². The van der Waals surface area contributed by atoms with Gasteiger partial charge < -0.3 is 4.74 Å². The highest BCUT2D eigenvalue weighted by atomic mass is 127. The molecule has 0 aliphatic carbocycles. The normalized spacial score (nSPS) is 11.2. The number of hydrogen-bond donors (Lipinski definition) is 0. The lowest BCUT2D eigenvalue weighted by atomic mass is 10.3. The Morgan fingerprint density at radius 2 is 1.90 bits per heavy atom. The zero-order chi connectivity index (χ0) is 15.6. The van der Waals surface area contributed by atoms with Crippen molar-refractivity contribution in [3.63, 3.8) is 0 Å². The zero-order valence-corrected chi connectivity index (χ0v) is 12.3. The molecular weight excluding hydrogens is 404 g/mol. The van der Waals surface area contributed by atoms with Crippen molar-refractivity contribution in [2.75, 3.05) is 0 Å². The molecule has 0 bridgehead atoms. The number of hydrogen-bond acceptors (Lipinski definition) is 4. The van der Waals surface area contributed by atoms with Crippen molar-refractivity contribution in [1.29, 1.82) is 0 Å². The van der Waals surface area contributed by atoms with Crippen LogP contribution in [0.2, 0.25) is 0 Å². The van der Waals surface area contributed by atoms with E-state index in [-0.39, 0.29) is 5.75 Å². The molecule has 0 radical (unpaired) electrons. The second-order valence-corrected chi connectivity index (χ2v) is 4.99. The van der Waals surface area contributed by atoms with Crippen LogP contribution in [0.1, 0.15) is 5.69 Å². The highest BCUT2D eigenvalue weighted by Gasteiger charge is 2.35. The number of nitro groups is 1. The van der Waals surface area contributed by atoms with Gasteiger partial charge in [-0.3, -0.25) is 10.1 Å². The molecule has 1 aromatic carbocycles. The van der Waals surface area contributed by atoms with Crippen LogP contribution in [-0.4, -0.2) is 9.91 Å². The van der Waals surface area contributed by atoms with Gasteiger partial charge in [0, 0.05) is 6.07 Å². The molecule has 0 spiro atoms. The summed E-state index contributed by atoms with van der Waals surface area (Å²) >= 11 is 1.91. The molecule has 0 fully saturated rings. The smallest absolute Gasteiger partial charge is 0.433 e. The maximum Gasteiger partial charge on any atom is 0.433 e. The Bertz CT molecular complexity index is 692. The fourth-order valence-corrected chi connectivity index (χ4v) is 1.95. The Balaban J connectivity index is 2.49. The fourth-order valence-electron chi connectivity index (χ4n) is 1.45. The van der Waals surface area contributed by atoms with E-state index in [0.29, 0.717) is 15.8 Å². The van der Waals surface area contributed by atoms with Gasteiger partial charge >= 0.3 is 11.9 Å². The first-order valence-electron chi connectivity index (χ1n) is 5.43. The molecule has 110 valence electrons. The summed E-state index contributed by atoms with van der Waals surface area (Å²) in [4.78, 5) is 13.1. The second-order valence-electron chi connectivity index (χ2n) is 3.82. The Morgan fingerprint density at radius 3 is 2.48 bits per heavy atom. The van der Waals surface area contributed by atoms with Crippen LogP contribution in [-0.2, 0) is 6.18 Å². The highest BCUT2D eigenvalue weighted by Crippen LogP contribution is 2.37. The number of alkyl halides is 3. The van der Waals surface area contributed by atoms with Crippen LogP contribution in [0.25, 0.3) is 0 Å². The van der Waals surface area contributed by atoms with Gasteiger partial charge in [-0.2, -0.15) is 13.2 Å². The van der Waals surface area contributed by atoms with Gasteiger partial charge in [0.05, 0.1) is 8.49 Å². The maximum atomic E-state index is 12.6. The third-order valence-electron chi connectivity index (χ3n) is 2.39. The third-order valence-corrected chi connectivity index (χ3v) is 3.28. The van der Waals surface area contributed by atoms with Crippen molar-refractivity contribution in [3.05, 3.63) is 55.9 Å². The number of rotatable bonds is 3. The Kier molecular flexibility index (Phi) is 4.30. The number of aromatic nitrogens is 1. The first-order valence-corrected chi connectivity index (χ1v) is 6.51. The summed E-state index contributed by atoms with van der Waals surface area (Å²) in [6.07, 6.45) is -4.18. The molecule has 0 atom stereocenters. The first-order chi connectivity index (χ1) is 9.79. The maximum absolute atomic E-state index is 12.6. The van der Waals surface area contributed by atoms with E-state index in [9.17, 15) is 23.3 Å².